The quantitative estimate of drug-likeness (QED) is 0.147. The van der Waals surface area contributed by atoms with E-state index in [0.717, 1.165) is 63.6 Å². The molecule has 0 spiro atoms. The van der Waals surface area contributed by atoms with Crippen molar-refractivity contribution in [3.8, 4) is 33.9 Å². The fourth-order valence-corrected chi connectivity index (χ4v) is 7.60. The van der Waals surface area contributed by atoms with E-state index in [9.17, 15) is 19.5 Å². The smallest absolute Gasteiger partial charge is 0.407 e. The molecule has 6 aromatic rings. The van der Waals surface area contributed by atoms with Gasteiger partial charge in [0.2, 0.25) is 5.91 Å². The van der Waals surface area contributed by atoms with Gasteiger partial charge in [-0.1, -0.05) is 60.7 Å². The number of hydrogen-bond donors (Lipinski definition) is 3. The Labute approximate surface area is 317 Å². The van der Waals surface area contributed by atoms with Gasteiger partial charge in [0.25, 0.3) is 5.91 Å². The number of imidazole rings is 2. The Hall–Kier alpha value is -6.70. The molecule has 0 saturated carbocycles. The van der Waals surface area contributed by atoms with Gasteiger partial charge in [0.1, 0.15) is 17.7 Å². The molecule has 3 amide bonds. The predicted octanol–water partition coefficient (Wildman–Crippen LogP) is 6.24. The maximum Gasteiger partial charge on any atom is 0.407 e. The molecule has 3 atom stereocenters. The Morgan fingerprint density at radius 2 is 1.36 bits per heavy atom. The number of amides is 3. The second kappa shape index (κ2) is 15.3. The molecular weight excluding hydrogens is 697 g/mol. The standard InChI is InChI=1S/C41H40N10O4/c1-49(41(54)55)36(28-9-3-2-4-10-28)40(53)51-19-7-12-34(51)39-45-24-31(47-39)27-13-15-29(16-14-27)37-43-22-30(23-44-37)32-25-46-38(48-32)33-11-6-18-50(33)35(52)20-26-8-5-17-42-21-26/h2-5,8-10,13-17,21-25,33-34,36H,6-7,11-12,18-20H2,1H3,(H,45,47)(H,46,48)(H,54,55)/t33-,34-,36+/m0/s1. The average molecular weight is 737 g/mol. The van der Waals surface area contributed by atoms with Crippen molar-refractivity contribution in [3.05, 3.63) is 127 Å². The molecule has 8 rings (SSSR count). The molecule has 2 saturated heterocycles. The molecule has 278 valence electrons. The summed E-state index contributed by atoms with van der Waals surface area (Å²) in [7, 11) is 1.42. The second-order valence-electron chi connectivity index (χ2n) is 13.9. The molecule has 0 aliphatic carbocycles. The minimum Gasteiger partial charge on any atom is -0.465 e. The van der Waals surface area contributed by atoms with Crippen molar-refractivity contribution in [1.82, 2.24) is 49.6 Å². The van der Waals surface area contributed by atoms with Gasteiger partial charge in [0, 0.05) is 56.1 Å². The minimum absolute atomic E-state index is 0.0625. The summed E-state index contributed by atoms with van der Waals surface area (Å²) in [6.45, 7) is 1.21. The van der Waals surface area contributed by atoms with Crippen LogP contribution < -0.4 is 0 Å². The largest absolute Gasteiger partial charge is 0.465 e. The van der Waals surface area contributed by atoms with E-state index in [-0.39, 0.29) is 23.9 Å². The van der Waals surface area contributed by atoms with Crippen molar-refractivity contribution < 1.29 is 19.5 Å². The van der Waals surface area contributed by atoms with E-state index < -0.39 is 12.1 Å². The highest BCUT2D eigenvalue weighted by molar-refractivity contribution is 5.87. The molecule has 4 aromatic heterocycles. The molecule has 2 aliphatic heterocycles. The Kier molecular flexibility index (Phi) is 9.86. The lowest BCUT2D eigenvalue weighted by Gasteiger charge is -2.32. The number of rotatable bonds is 10. The number of pyridine rings is 1. The molecular formula is C41H40N10O4. The number of nitrogens with zero attached hydrogens (tertiary/aromatic N) is 8. The summed E-state index contributed by atoms with van der Waals surface area (Å²) in [5, 5.41) is 9.77. The zero-order valence-corrected chi connectivity index (χ0v) is 30.2. The van der Waals surface area contributed by atoms with Crippen molar-refractivity contribution in [3.63, 3.8) is 0 Å². The van der Waals surface area contributed by atoms with Crippen LogP contribution in [-0.4, -0.2) is 92.7 Å². The van der Waals surface area contributed by atoms with Gasteiger partial charge < -0.3 is 24.9 Å². The van der Waals surface area contributed by atoms with Crippen LogP contribution in [0, 0.1) is 0 Å². The molecule has 2 aromatic carbocycles. The highest BCUT2D eigenvalue weighted by atomic mass is 16.4. The first-order chi connectivity index (χ1) is 26.8. The third-order valence-corrected chi connectivity index (χ3v) is 10.5. The number of likely N-dealkylation sites (tertiary alicyclic amines) is 2. The molecule has 6 heterocycles. The van der Waals surface area contributed by atoms with E-state index in [1.54, 1.807) is 66.3 Å². The maximum absolute atomic E-state index is 13.9. The average Bonchev–Trinajstić information content (AvgIpc) is 4.06. The molecule has 0 radical (unpaired) electrons. The summed E-state index contributed by atoms with van der Waals surface area (Å²) in [5.41, 5.74) is 5.64. The fourth-order valence-electron chi connectivity index (χ4n) is 7.60. The number of H-pyrrole nitrogens is 2. The number of likely N-dealkylation sites (N-methyl/N-ethyl adjacent to an activating group) is 1. The predicted molar refractivity (Wildman–Crippen MR) is 203 cm³/mol. The summed E-state index contributed by atoms with van der Waals surface area (Å²) in [5.74, 6) is 1.77. The molecule has 55 heavy (non-hydrogen) atoms. The van der Waals surface area contributed by atoms with Gasteiger partial charge in [0.15, 0.2) is 5.82 Å². The Morgan fingerprint density at radius 1 is 0.745 bits per heavy atom. The van der Waals surface area contributed by atoms with Crippen LogP contribution in [0.1, 0.15) is 66.6 Å². The van der Waals surface area contributed by atoms with Crippen LogP contribution in [0.5, 0.6) is 0 Å². The Morgan fingerprint density at radius 3 is 2.00 bits per heavy atom. The van der Waals surface area contributed by atoms with Gasteiger partial charge in [-0.2, -0.15) is 0 Å². The normalized spacial score (nSPS) is 17.3. The lowest BCUT2D eigenvalue weighted by Crippen LogP contribution is -2.43. The van der Waals surface area contributed by atoms with Crippen molar-refractivity contribution in [2.45, 2.75) is 50.2 Å². The van der Waals surface area contributed by atoms with E-state index in [1.165, 1.54) is 7.05 Å². The lowest BCUT2D eigenvalue weighted by molar-refractivity contribution is -0.137. The number of hydrogen-bond acceptors (Lipinski definition) is 8. The third kappa shape index (κ3) is 7.30. The summed E-state index contributed by atoms with van der Waals surface area (Å²) in [6, 6.07) is 19.2. The van der Waals surface area contributed by atoms with Crippen LogP contribution in [0.15, 0.2) is 104 Å². The van der Waals surface area contributed by atoms with Crippen molar-refractivity contribution in [1.29, 1.82) is 0 Å². The first kappa shape index (κ1) is 35.3. The molecule has 14 heteroatoms. The molecule has 3 N–H and O–H groups in total. The second-order valence-corrected chi connectivity index (χ2v) is 13.9. The van der Waals surface area contributed by atoms with Gasteiger partial charge in [-0.15, -0.1) is 0 Å². The first-order valence-electron chi connectivity index (χ1n) is 18.4. The van der Waals surface area contributed by atoms with Gasteiger partial charge in [-0.3, -0.25) is 19.5 Å². The number of carbonyl (C=O) groups excluding carboxylic acids is 2. The fraction of sp³-hybridized carbons (Fsp3) is 0.268. The zero-order chi connectivity index (χ0) is 37.9. The number of aromatic nitrogens is 7. The van der Waals surface area contributed by atoms with E-state index in [2.05, 4.69) is 34.9 Å². The topological polar surface area (TPSA) is 177 Å². The van der Waals surface area contributed by atoms with Crippen LogP contribution in [0.2, 0.25) is 0 Å². The van der Waals surface area contributed by atoms with Crippen LogP contribution >= 0.6 is 0 Å². The van der Waals surface area contributed by atoms with E-state index >= 15 is 0 Å². The van der Waals surface area contributed by atoms with Gasteiger partial charge in [-0.05, 0) is 48.4 Å². The van der Waals surface area contributed by atoms with Crippen LogP contribution in [0.25, 0.3) is 33.9 Å². The first-order valence-corrected chi connectivity index (χ1v) is 18.4. The van der Waals surface area contributed by atoms with Gasteiger partial charge in [0.05, 0.1) is 42.3 Å². The molecule has 14 nitrogen and oxygen atoms in total. The van der Waals surface area contributed by atoms with Crippen LogP contribution in [0.3, 0.4) is 0 Å². The third-order valence-electron chi connectivity index (χ3n) is 10.5. The monoisotopic (exact) mass is 736 g/mol. The van der Waals surface area contributed by atoms with Crippen LogP contribution in [-0.2, 0) is 16.0 Å². The zero-order valence-electron chi connectivity index (χ0n) is 30.2. The number of carbonyl (C=O) groups is 3. The van der Waals surface area contributed by atoms with Crippen molar-refractivity contribution >= 4 is 17.9 Å². The molecule has 2 fully saturated rings. The highest BCUT2D eigenvalue weighted by Crippen LogP contribution is 2.36. The maximum atomic E-state index is 13.9. The van der Waals surface area contributed by atoms with E-state index in [4.69, 9.17) is 0 Å². The number of aromatic amines is 2. The summed E-state index contributed by atoms with van der Waals surface area (Å²) in [6.07, 6.45) is 12.9. The number of nitrogens with one attached hydrogen (secondary N) is 2. The van der Waals surface area contributed by atoms with Gasteiger partial charge in [-0.25, -0.2) is 24.7 Å². The highest BCUT2D eigenvalue weighted by Gasteiger charge is 2.39. The summed E-state index contributed by atoms with van der Waals surface area (Å²) >= 11 is 0. The number of benzene rings is 2. The summed E-state index contributed by atoms with van der Waals surface area (Å²) < 4.78 is 0. The minimum atomic E-state index is -1.17. The Bertz CT molecular complexity index is 2280. The van der Waals surface area contributed by atoms with Crippen molar-refractivity contribution in [2.75, 3.05) is 20.1 Å². The molecule has 2 aliphatic rings. The number of carboxylic acid groups (broad SMARTS) is 1. The van der Waals surface area contributed by atoms with E-state index in [0.29, 0.717) is 43.1 Å². The molecule has 0 bridgehead atoms. The lowest BCUT2D eigenvalue weighted by atomic mass is 10.0. The SMILES string of the molecule is CN(C(=O)O)[C@@H](C(=O)N1CCC[C@H]1c1ncc(-c2ccc(-c3ncc(-c4cnc([C@@H]5CCCN5C(=O)Cc5cccnc5)[nH]4)cn3)cc2)[nH]1)c1ccccc1. The Balaban J connectivity index is 0.927. The van der Waals surface area contributed by atoms with Gasteiger partial charge >= 0.3 is 6.09 Å². The molecule has 0 unspecified atom stereocenters. The van der Waals surface area contributed by atoms with Crippen molar-refractivity contribution in [2.24, 2.45) is 0 Å². The van der Waals surface area contributed by atoms with E-state index in [1.807, 2.05) is 47.4 Å². The summed E-state index contributed by atoms with van der Waals surface area (Å²) in [4.78, 5) is 73.2. The van der Waals surface area contributed by atoms with Crippen LogP contribution in [0.4, 0.5) is 4.79 Å².